The highest BCUT2D eigenvalue weighted by Gasteiger charge is 2.20. The molecule has 2 aliphatic heterocycles. The molecule has 0 aromatic carbocycles. The fourth-order valence-electron chi connectivity index (χ4n) is 3.59. The number of ether oxygens (including phenoxy) is 1. The molecule has 1 amide bonds. The maximum atomic E-state index is 11.6. The Morgan fingerprint density at radius 1 is 1.23 bits per heavy atom. The van der Waals surface area contributed by atoms with Crippen molar-refractivity contribution in [1.29, 1.82) is 0 Å². The normalized spacial score (nSPS) is 20.0. The van der Waals surface area contributed by atoms with Crippen LogP contribution in [0.25, 0.3) is 0 Å². The molecule has 0 atom stereocenters. The first-order valence-electron chi connectivity index (χ1n) is 10.2. The number of likely N-dealkylation sites (tertiary alicyclic amines) is 2. The van der Waals surface area contributed by atoms with Crippen molar-refractivity contribution in [3.63, 3.8) is 0 Å². The highest BCUT2D eigenvalue weighted by molar-refractivity contribution is 5.79. The minimum Gasteiger partial charge on any atom is -0.383 e. The number of nitrogens with zero attached hydrogens (tertiary/aromatic N) is 3. The summed E-state index contributed by atoms with van der Waals surface area (Å²) in [6, 6.07) is 0. The molecular weight excluding hydrogens is 330 g/mol. The first kappa shape index (κ1) is 21.0. The van der Waals surface area contributed by atoms with Crippen molar-refractivity contribution in [2.75, 3.05) is 66.1 Å². The summed E-state index contributed by atoms with van der Waals surface area (Å²) < 4.78 is 5.16. The summed E-state index contributed by atoms with van der Waals surface area (Å²) in [6.07, 6.45) is 5.13. The van der Waals surface area contributed by atoms with Crippen molar-refractivity contribution in [2.45, 2.75) is 39.0 Å². The Morgan fingerprint density at radius 2 is 2.04 bits per heavy atom. The van der Waals surface area contributed by atoms with E-state index in [-0.39, 0.29) is 0 Å². The van der Waals surface area contributed by atoms with Gasteiger partial charge in [-0.3, -0.25) is 9.79 Å². The van der Waals surface area contributed by atoms with E-state index >= 15 is 0 Å². The molecule has 0 radical (unpaired) electrons. The lowest BCUT2D eigenvalue weighted by molar-refractivity contribution is -0.127. The topological polar surface area (TPSA) is 69.2 Å². The van der Waals surface area contributed by atoms with E-state index in [1.165, 1.54) is 12.8 Å². The molecule has 26 heavy (non-hydrogen) atoms. The quantitative estimate of drug-likeness (QED) is 0.341. The van der Waals surface area contributed by atoms with Gasteiger partial charge < -0.3 is 25.2 Å². The number of guanidine groups is 1. The van der Waals surface area contributed by atoms with Gasteiger partial charge in [0.15, 0.2) is 5.96 Å². The summed E-state index contributed by atoms with van der Waals surface area (Å²) in [6.45, 7) is 10.6. The average molecular weight is 368 g/mol. The number of hydrogen-bond donors (Lipinski definition) is 2. The predicted molar refractivity (Wildman–Crippen MR) is 105 cm³/mol. The fourth-order valence-corrected chi connectivity index (χ4v) is 3.59. The van der Waals surface area contributed by atoms with E-state index in [0.717, 1.165) is 84.2 Å². The van der Waals surface area contributed by atoms with Crippen molar-refractivity contribution in [3.8, 4) is 0 Å². The maximum Gasteiger partial charge on any atom is 0.222 e. The summed E-state index contributed by atoms with van der Waals surface area (Å²) in [5.74, 6) is 1.89. The van der Waals surface area contributed by atoms with Gasteiger partial charge in [-0.25, -0.2) is 0 Å². The SMILES string of the molecule is CCNC(=NCC1CCN(CCOC)CC1)NCCCN1CCCC1=O. The van der Waals surface area contributed by atoms with Crippen LogP contribution in [0.2, 0.25) is 0 Å². The molecule has 0 bridgehead atoms. The van der Waals surface area contributed by atoms with Crippen molar-refractivity contribution >= 4 is 11.9 Å². The minimum atomic E-state index is 0.308. The maximum absolute atomic E-state index is 11.6. The molecular formula is C19H37N5O2. The smallest absolute Gasteiger partial charge is 0.222 e. The van der Waals surface area contributed by atoms with Crippen LogP contribution in [0.5, 0.6) is 0 Å². The lowest BCUT2D eigenvalue weighted by Crippen LogP contribution is -2.40. The van der Waals surface area contributed by atoms with E-state index in [2.05, 4.69) is 22.5 Å². The Morgan fingerprint density at radius 3 is 2.69 bits per heavy atom. The third-order valence-corrected chi connectivity index (χ3v) is 5.24. The number of rotatable bonds is 10. The Kier molecular flexibility index (Phi) is 9.77. The lowest BCUT2D eigenvalue weighted by atomic mass is 9.97. The number of carbonyl (C=O) groups is 1. The first-order valence-corrected chi connectivity index (χ1v) is 10.2. The van der Waals surface area contributed by atoms with E-state index < -0.39 is 0 Å². The van der Waals surface area contributed by atoms with Crippen LogP contribution in [0.4, 0.5) is 0 Å². The van der Waals surface area contributed by atoms with E-state index in [0.29, 0.717) is 11.8 Å². The summed E-state index contributed by atoms with van der Waals surface area (Å²) in [4.78, 5) is 20.9. The summed E-state index contributed by atoms with van der Waals surface area (Å²) in [7, 11) is 1.76. The Labute approximate surface area is 158 Å². The van der Waals surface area contributed by atoms with Gasteiger partial charge in [-0.05, 0) is 51.6 Å². The second kappa shape index (κ2) is 12.1. The highest BCUT2D eigenvalue weighted by Crippen LogP contribution is 2.17. The fraction of sp³-hybridized carbons (Fsp3) is 0.895. The van der Waals surface area contributed by atoms with Crippen LogP contribution in [-0.2, 0) is 9.53 Å². The van der Waals surface area contributed by atoms with Crippen LogP contribution < -0.4 is 10.6 Å². The molecule has 2 fully saturated rings. The van der Waals surface area contributed by atoms with Gasteiger partial charge in [-0.15, -0.1) is 0 Å². The molecule has 0 aromatic heterocycles. The zero-order valence-corrected chi connectivity index (χ0v) is 16.6. The number of hydrogen-bond acceptors (Lipinski definition) is 4. The highest BCUT2D eigenvalue weighted by atomic mass is 16.5. The molecule has 0 unspecified atom stereocenters. The monoisotopic (exact) mass is 367 g/mol. The zero-order valence-electron chi connectivity index (χ0n) is 16.6. The lowest BCUT2D eigenvalue weighted by Gasteiger charge is -2.31. The van der Waals surface area contributed by atoms with Crippen LogP contribution >= 0.6 is 0 Å². The van der Waals surface area contributed by atoms with E-state index in [1.54, 1.807) is 7.11 Å². The number of piperidine rings is 1. The second-order valence-corrected chi connectivity index (χ2v) is 7.26. The van der Waals surface area contributed by atoms with Crippen molar-refractivity contribution in [3.05, 3.63) is 0 Å². The summed E-state index contributed by atoms with van der Waals surface area (Å²) in [5.41, 5.74) is 0. The molecule has 2 heterocycles. The molecule has 150 valence electrons. The number of nitrogens with one attached hydrogen (secondary N) is 2. The Bertz CT molecular complexity index is 436. The van der Waals surface area contributed by atoms with Crippen molar-refractivity contribution < 1.29 is 9.53 Å². The van der Waals surface area contributed by atoms with Gasteiger partial charge in [0.25, 0.3) is 0 Å². The van der Waals surface area contributed by atoms with Gasteiger partial charge in [0.2, 0.25) is 5.91 Å². The van der Waals surface area contributed by atoms with E-state index in [9.17, 15) is 4.79 Å². The third-order valence-electron chi connectivity index (χ3n) is 5.24. The molecule has 2 rings (SSSR count). The minimum absolute atomic E-state index is 0.308. The first-order chi connectivity index (χ1) is 12.7. The number of methoxy groups -OCH3 is 1. The molecule has 7 nitrogen and oxygen atoms in total. The largest absolute Gasteiger partial charge is 0.383 e. The second-order valence-electron chi connectivity index (χ2n) is 7.26. The van der Waals surface area contributed by atoms with Crippen LogP contribution in [0, 0.1) is 5.92 Å². The van der Waals surface area contributed by atoms with Gasteiger partial charge in [0, 0.05) is 52.8 Å². The average Bonchev–Trinajstić information content (AvgIpc) is 3.07. The van der Waals surface area contributed by atoms with Gasteiger partial charge in [-0.2, -0.15) is 0 Å². The molecule has 2 saturated heterocycles. The van der Waals surface area contributed by atoms with Crippen LogP contribution in [-0.4, -0.2) is 87.7 Å². The number of amides is 1. The van der Waals surface area contributed by atoms with Crippen LogP contribution in [0.3, 0.4) is 0 Å². The number of aliphatic imine (C=N–C) groups is 1. The van der Waals surface area contributed by atoms with Gasteiger partial charge >= 0.3 is 0 Å². The standard InChI is InChI=1S/C19H37N5O2/c1-3-20-19(21-9-5-11-24-10-4-6-18(24)25)22-16-17-7-12-23(13-8-17)14-15-26-2/h17H,3-16H2,1-2H3,(H2,20,21,22). The summed E-state index contributed by atoms with van der Waals surface area (Å²) >= 11 is 0. The molecule has 0 aliphatic carbocycles. The molecule has 2 N–H and O–H groups in total. The molecule has 0 aromatic rings. The predicted octanol–water partition coefficient (Wildman–Crippen LogP) is 0.912. The molecule has 7 heteroatoms. The Balaban J connectivity index is 1.63. The third kappa shape index (κ3) is 7.50. The molecule has 0 spiro atoms. The van der Waals surface area contributed by atoms with Gasteiger partial charge in [0.05, 0.1) is 6.61 Å². The Hall–Kier alpha value is -1.34. The van der Waals surface area contributed by atoms with Gasteiger partial charge in [0.1, 0.15) is 0 Å². The zero-order chi connectivity index (χ0) is 18.6. The van der Waals surface area contributed by atoms with Gasteiger partial charge in [-0.1, -0.05) is 0 Å². The molecule has 2 aliphatic rings. The van der Waals surface area contributed by atoms with Crippen molar-refractivity contribution in [2.24, 2.45) is 10.9 Å². The number of carbonyl (C=O) groups excluding carboxylic acids is 1. The molecule has 0 saturated carbocycles. The van der Waals surface area contributed by atoms with Crippen LogP contribution in [0.15, 0.2) is 4.99 Å². The van der Waals surface area contributed by atoms with Crippen LogP contribution in [0.1, 0.15) is 39.0 Å². The summed E-state index contributed by atoms with van der Waals surface area (Å²) in [5, 5.41) is 6.74. The van der Waals surface area contributed by atoms with Crippen molar-refractivity contribution in [1.82, 2.24) is 20.4 Å². The van der Waals surface area contributed by atoms with E-state index in [1.807, 2.05) is 4.90 Å². The van der Waals surface area contributed by atoms with E-state index in [4.69, 9.17) is 9.73 Å².